The van der Waals surface area contributed by atoms with Crippen LogP contribution in [0.25, 0.3) is 28.0 Å². The van der Waals surface area contributed by atoms with Gasteiger partial charge in [-0.05, 0) is 92.3 Å². The molecule has 314 valence electrons. The molecule has 4 N–H and O–H groups in total. The van der Waals surface area contributed by atoms with Crippen molar-refractivity contribution in [3.63, 3.8) is 0 Å². The zero-order chi connectivity index (χ0) is 41.9. The zero-order valence-electron chi connectivity index (χ0n) is 33.0. The lowest BCUT2D eigenvalue weighted by molar-refractivity contribution is -0.141. The summed E-state index contributed by atoms with van der Waals surface area (Å²) in [5.74, 6) is -1.21. The van der Waals surface area contributed by atoms with Crippen LogP contribution in [-0.2, 0) is 24.4 Å². The smallest absolute Gasteiger partial charge is 0.259 e. The second-order valence-corrected chi connectivity index (χ2v) is 18.7. The third-order valence-electron chi connectivity index (χ3n) is 11.3. The molecule has 3 aromatic carbocycles. The number of hydrogen-bond acceptors (Lipinski definition) is 11. The van der Waals surface area contributed by atoms with E-state index in [1.54, 1.807) is 12.1 Å². The van der Waals surface area contributed by atoms with Crippen molar-refractivity contribution in [2.24, 2.45) is 0 Å². The van der Waals surface area contributed by atoms with Crippen LogP contribution in [0.5, 0.6) is 5.88 Å². The minimum Gasteiger partial charge on any atom is -0.472 e. The number of benzene rings is 3. The number of fused-ring (bicyclic) bond motifs is 1. The first-order chi connectivity index (χ1) is 29.0. The van der Waals surface area contributed by atoms with Crippen LogP contribution in [0.15, 0.2) is 96.9 Å². The van der Waals surface area contributed by atoms with Crippen molar-refractivity contribution in [2.45, 2.75) is 98.7 Å². The Morgan fingerprint density at radius 2 is 1.73 bits per heavy atom. The van der Waals surface area contributed by atoms with Crippen LogP contribution in [0.1, 0.15) is 69.8 Å². The van der Waals surface area contributed by atoms with Gasteiger partial charge in [-0.2, -0.15) is 4.98 Å². The molecule has 2 saturated carbocycles. The van der Waals surface area contributed by atoms with Crippen LogP contribution < -0.4 is 25.4 Å². The number of para-hydroxylation sites is 1. The van der Waals surface area contributed by atoms with Crippen molar-refractivity contribution in [3.05, 3.63) is 108 Å². The molecule has 60 heavy (non-hydrogen) atoms. The fourth-order valence-corrected chi connectivity index (χ4v) is 9.90. The van der Waals surface area contributed by atoms with Crippen molar-refractivity contribution in [1.29, 1.82) is 0 Å². The molecule has 3 fully saturated rings. The second-order valence-electron chi connectivity index (χ2n) is 15.8. The Hall–Kier alpha value is -5.32. The first-order valence-corrected chi connectivity index (χ1v) is 22.9. The van der Waals surface area contributed by atoms with Gasteiger partial charge in [0.05, 0.1) is 28.7 Å². The van der Waals surface area contributed by atoms with E-state index in [1.807, 2.05) is 66.1 Å². The van der Waals surface area contributed by atoms with Gasteiger partial charge in [-0.1, -0.05) is 73.1 Å². The molecule has 0 spiro atoms. The van der Waals surface area contributed by atoms with Gasteiger partial charge in [0, 0.05) is 17.7 Å². The van der Waals surface area contributed by atoms with Crippen LogP contribution in [0.4, 0.5) is 4.39 Å². The van der Waals surface area contributed by atoms with E-state index in [4.69, 9.17) is 14.7 Å². The van der Waals surface area contributed by atoms with Crippen molar-refractivity contribution in [1.82, 2.24) is 35.5 Å². The third kappa shape index (κ3) is 9.50. The predicted molar refractivity (Wildman–Crippen MR) is 229 cm³/mol. The quantitative estimate of drug-likeness (QED) is 0.0710. The maximum Gasteiger partial charge on any atom is 0.259 e. The minimum atomic E-state index is -3.84. The molecule has 4 atom stereocenters. The number of thioether (sulfide) groups is 1. The summed E-state index contributed by atoms with van der Waals surface area (Å²) in [6, 6.07) is 21.4. The molecular formula is C44H48FN7O6S2. The maximum atomic E-state index is 14.9. The van der Waals surface area contributed by atoms with Crippen molar-refractivity contribution in [3.8, 4) is 17.3 Å². The van der Waals surface area contributed by atoms with Gasteiger partial charge in [0.25, 0.3) is 5.91 Å². The monoisotopic (exact) mass is 853 g/mol. The van der Waals surface area contributed by atoms with Gasteiger partial charge < -0.3 is 20.3 Å². The summed E-state index contributed by atoms with van der Waals surface area (Å²) in [5.41, 5.74) is 1.25. The number of ether oxygens (including phenoxy) is 1. The topological polar surface area (TPSA) is 172 Å². The molecule has 2 aliphatic heterocycles. The highest BCUT2D eigenvalue weighted by Gasteiger charge is 2.55. The molecule has 4 aromatic rings. The molecule has 1 aromatic heterocycles. The number of likely N-dealkylation sites (tertiary alicyclic amines) is 1. The molecule has 8 rings (SSSR count). The summed E-state index contributed by atoms with van der Waals surface area (Å²) in [6.07, 6.45) is 6.62. The average molecular weight is 854 g/mol. The molecule has 4 aliphatic rings. The molecule has 0 bridgehead atoms. The third-order valence-corrected chi connectivity index (χ3v) is 14.0. The van der Waals surface area contributed by atoms with Crippen molar-refractivity contribution in [2.75, 3.05) is 6.54 Å². The first kappa shape index (κ1) is 41.4. The van der Waals surface area contributed by atoms with E-state index in [9.17, 15) is 27.2 Å². The second kappa shape index (κ2) is 17.7. The number of hydrogen-bond donors (Lipinski definition) is 4. The molecule has 0 radical (unpaired) electrons. The lowest BCUT2D eigenvalue weighted by Crippen LogP contribution is -2.58. The highest BCUT2D eigenvalue weighted by Crippen LogP contribution is 2.38. The summed E-state index contributed by atoms with van der Waals surface area (Å²) < 4.78 is 47.9. The molecule has 3 heterocycles. The van der Waals surface area contributed by atoms with Gasteiger partial charge in [-0.15, -0.1) is 6.58 Å². The standard InChI is InChI=1S/C44H48FN7O6S2/c1-2-3-4-5-9-16-35(47-43-48-36(27-59-43)28-17-19-30(45)20-18-28)41(54)52-26-31(25-37(52)39(53)50-44(23-24-44)42(55)51-60(56,57)32-21-22-32)58-40-33-14-10-11-15-34(33)46-38(49-40)29-12-7-6-8-13-29/h2,6-8,10-15,17-20,27,31-32,35,37,43,47-48H,1,3-5,9,16,21-26H2,(H,50,53)(H,51,55)/t31-,35+,37+,43?/m1/s1. The van der Waals surface area contributed by atoms with E-state index in [2.05, 4.69) is 27.3 Å². The number of allylic oxidation sites excluding steroid dienone is 1. The number of carbonyl (C=O) groups is 3. The Bertz CT molecular complexity index is 2390. The van der Waals surface area contributed by atoms with Crippen molar-refractivity contribution < 1.29 is 31.9 Å². The summed E-state index contributed by atoms with van der Waals surface area (Å²) in [6.45, 7) is 3.87. The number of unbranched alkanes of at least 4 members (excludes halogenated alkanes) is 3. The number of nitrogens with one attached hydrogen (secondary N) is 4. The number of aromatic nitrogens is 2. The first-order valence-electron chi connectivity index (χ1n) is 20.4. The van der Waals surface area contributed by atoms with E-state index < -0.39 is 56.3 Å². The minimum absolute atomic E-state index is 0.0458. The molecule has 1 saturated heterocycles. The van der Waals surface area contributed by atoms with Crippen LogP contribution in [0, 0.1) is 5.82 Å². The van der Waals surface area contributed by atoms with Crippen LogP contribution in [-0.4, -0.2) is 82.0 Å². The number of carbonyl (C=O) groups excluding carboxylic acids is 3. The molecule has 13 nitrogen and oxygen atoms in total. The van der Waals surface area contributed by atoms with Crippen molar-refractivity contribution >= 4 is 56.1 Å². The van der Waals surface area contributed by atoms with Gasteiger partial charge in [-0.25, -0.2) is 17.8 Å². The highest BCUT2D eigenvalue weighted by atomic mass is 32.2. The van der Waals surface area contributed by atoms with E-state index in [0.29, 0.717) is 41.9 Å². The number of nitrogens with zero attached hydrogens (tertiary/aromatic N) is 3. The predicted octanol–water partition coefficient (Wildman–Crippen LogP) is 5.75. The Kier molecular flexibility index (Phi) is 12.2. The van der Waals surface area contributed by atoms with Crippen LogP contribution in [0.2, 0.25) is 0 Å². The van der Waals surface area contributed by atoms with E-state index >= 15 is 0 Å². The summed E-state index contributed by atoms with van der Waals surface area (Å²) in [4.78, 5) is 53.8. The Morgan fingerprint density at radius 3 is 2.47 bits per heavy atom. The van der Waals surface area contributed by atoms with Crippen LogP contribution in [0.3, 0.4) is 0 Å². The lowest BCUT2D eigenvalue weighted by Gasteiger charge is -2.31. The normalized spacial score (nSPS) is 21.1. The summed E-state index contributed by atoms with van der Waals surface area (Å²) in [7, 11) is -3.84. The SMILES string of the molecule is C=CCCCCC[C@H](NC1NC(c2ccc(F)cc2)=CS1)C(=O)N1C[C@H](Oc2nc(-c3ccccc3)nc3ccccc23)C[C@H]1C(=O)NC1(C(=O)NS(=O)(=O)C2CC2)CC1. The van der Waals surface area contributed by atoms with Gasteiger partial charge >= 0.3 is 0 Å². The number of amides is 3. The van der Waals surface area contributed by atoms with Gasteiger partial charge in [0.1, 0.15) is 29.0 Å². The van der Waals surface area contributed by atoms with E-state index in [-0.39, 0.29) is 37.5 Å². The maximum absolute atomic E-state index is 14.9. The van der Waals surface area contributed by atoms with E-state index in [0.717, 1.165) is 42.5 Å². The fourth-order valence-electron chi connectivity index (χ4n) is 7.61. The molecule has 3 amide bonds. The number of halogens is 1. The zero-order valence-corrected chi connectivity index (χ0v) is 34.7. The largest absolute Gasteiger partial charge is 0.472 e. The molecule has 2 aliphatic carbocycles. The summed E-state index contributed by atoms with van der Waals surface area (Å²) >= 11 is 1.45. The van der Waals surface area contributed by atoms with Gasteiger partial charge in [-0.3, -0.25) is 24.4 Å². The molecule has 1 unspecified atom stereocenters. The van der Waals surface area contributed by atoms with Gasteiger partial charge in [0.2, 0.25) is 27.7 Å². The summed E-state index contributed by atoms with van der Waals surface area (Å²) in [5, 5.41) is 11.7. The highest BCUT2D eigenvalue weighted by molar-refractivity contribution is 8.03. The Labute approximate surface area is 353 Å². The number of sulfonamides is 1. The lowest BCUT2D eigenvalue weighted by atomic mass is 10.0. The van der Waals surface area contributed by atoms with Crippen LogP contribution >= 0.6 is 11.8 Å². The molecular weight excluding hydrogens is 806 g/mol. The molecule has 16 heteroatoms. The average Bonchev–Trinajstić information content (AvgIpc) is 4.17. The Balaban J connectivity index is 1.06. The van der Waals surface area contributed by atoms with E-state index in [1.165, 1.54) is 28.8 Å². The van der Waals surface area contributed by atoms with Gasteiger partial charge in [0.15, 0.2) is 5.82 Å². The fraction of sp³-hybridized carbons (Fsp3) is 0.386. The Morgan fingerprint density at radius 1 is 0.983 bits per heavy atom. The number of rotatable bonds is 18.